The van der Waals surface area contributed by atoms with Gasteiger partial charge in [0.25, 0.3) is 0 Å². The topological polar surface area (TPSA) is 51.1 Å². The lowest BCUT2D eigenvalue weighted by molar-refractivity contribution is 0.594. The molecule has 0 spiro atoms. The van der Waals surface area contributed by atoms with Gasteiger partial charge in [-0.3, -0.25) is 4.68 Å². The number of sulfone groups is 1. The molecule has 0 saturated heterocycles. The van der Waals surface area contributed by atoms with Gasteiger partial charge in [0.2, 0.25) is 0 Å². The van der Waals surface area contributed by atoms with E-state index in [2.05, 4.69) is 5.43 Å². The molecule has 0 radical (unpaired) electrons. The molecule has 14 heavy (non-hydrogen) atoms. The summed E-state index contributed by atoms with van der Waals surface area (Å²) < 4.78 is 24.1. The van der Waals surface area contributed by atoms with E-state index in [1.807, 2.05) is 29.2 Å². The third-order valence-electron chi connectivity index (χ3n) is 1.97. The second-order valence-corrected chi connectivity index (χ2v) is 5.56. The average molecular weight is 216 g/mol. The van der Waals surface area contributed by atoms with Crippen molar-refractivity contribution in [2.75, 3.05) is 23.5 Å². The Morgan fingerprint density at radius 1 is 1.29 bits per heavy atom. The van der Waals surface area contributed by atoms with Crippen molar-refractivity contribution in [2.24, 2.45) is 0 Å². The summed E-state index contributed by atoms with van der Waals surface area (Å²) in [4.78, 5) is 0. The first-order valence-electron chi connectivity index (χ1n) is 4.71. The Bertz CT molecular complexity index is 343. The molecule has 4 nitrogen and oxygen atoms in total. The number of rotatable bonds is 6. The van der Waals surface area contributed by atoms with Crippen molar-refractivity contribution in [3.05, 3.63) is 24.5 Å². The van der Waals surface area contributed by atoms with Crippen LogP contribution in [0.15, 0.2) is 24.5 Å². The Hall–Kier alpha value is -0.970. The van der Waals surface area contributed by atoms with Crippen LogP contribution in [0, 0.1) is 0 Å². The minimum atomic E-state index is -2.81. The van der Waals surface area contributed by atoms with E-state index in [9.17, 15) is 8.42 Å². The van der Waals surface area contributed by atoms with Crippen LogP contribution in [0.5, 0.6) is 0 Å². The quantitative estimate of drug-likeness (QED) is 0.717. The summed E-state index contributed by atoms with van der Waals surface area (Å²) in [6, 6.07) is 3.82. The van der Waals surface area contributed by atoms with Gasteiger partial charge in [0.15, 0.2) is 0 Å². The lowest BCUT2D eigenvalue weighted by atomic mass is 10.5. The molecule has 1 aromatic rings. The van der Waals surface area contributed by atoms with Gasteiger partial charge in [-0.25, -0.2) is 8.42 Å². The highest BCUT2D eigenvalue weighted by Gasteiger charge is 2.05. The predicted octanol–water partition coefficient (Wildman–Crippen LogP) is 0.856. The Morgan fingerprint density at radius 2 is 1.93 bits per heavy atom. The molecule has 0 amide bonds. The van der Waals surface area contributed by atoms with Gasteiger partial charge in [0, 0.05) is 24.7 Å². The minimum absolute atomic E-state index is 0.233. The molecule has 0 aromatic carbocycles. The molecule has 1 heterocycles. The fourth-order valence-corrected chi connectivity index (χ4v) is 1.96. The first-order valence-corrected chi connectivity index (χ1v) is 6.53. The number of nitrogens with zero attached hydrogens (tertiary/aromatic N) is 1. The van der Waals surface area contributed by atoms with Gasteiger partial charge < -0.3 is 5.43 Å². The molecule has 1 N–H and O–H groups in total. The van der Waals surface area contributed by atoms with Crippen LogP contribution in [-0.2, 0) is 9.84 Å². The van der Waals surface area contributed by atoms with Crippen molar-refractivity contribution >= 4 is 9.84 Å². The van der Waals surface area contributed by atoms with Gasteiger partial charge in [-0.2, -0.15) is 0 Å². The predicted molar refractivity (Wildman–Crippen MR) is 57.6 cm³/mol. The number of hydrogen-bond donors (Lipinski definition) is 1. The second-order valence-electron chi connectivity index (χ2n) is 3.09. The third kappa shape index (κ3) is 3.83. The molecular formula is C9H16N2O2S. The van der Waals surface area contributed by atoms with E-state index in [0.717, 1.165) is 0 Å². The molecular weight excluding hydrogens is 200 g/mol. The maximum atomic E-state index is 11.1. The van der Waals surface area contributed by atoms with Crippen LogP contribution in [0.4, 0.5) is 0 Å². The summed E-state index contributed by atoms with van der Waals surface area (Å²) >= 11 is 0. The smallest absolute Gasteiger partial charge is 0.150 e. The van der Waals surface area contributed by atoms with E-state index in [1.165, 1.54) is 0 Å². The maximum absolute atomic E-state index is 11.1. The van der Waals surface area contributed by atoms with E-state index < -0.39 is 9.84 Å². The number of aromatic nitrogens is 1. The largest absolute Gasteiger partial charge is 0.326 e. The summed E-state index contributed by atoms with van der Waals surface area (Å²) in [5.41, 5.74) is 3.07. The number of hydrogen-bond acceptors (Lipinski definition) is 3. The van der Waals surface area contributed by atoms with Crippen molar-refractivity contribution in [3.8, 4) is 0 Å². The first-order chi connectivity index (χ1) is 6.64. The molecule has 0 atom stereocenters. The highest BCUT2D eigenvalue weighted by Crippen LogP contribution is 1.93. The SMILES string of the molecule is CCS(=O)(=O)CCCNn1cccc1. The van der Waals surface area contributed by atoms with Gasteiger partial charge in [0.1, 0.15) is 9.84 Å². The summed E-state index contributed by atoms with van der Waals surface area (Å²) in [5.74, 6) is 0.494. The van der Waals surface area contributed by atoms with Crippen LogP contribution in [0.1, 0.15) is 13.3 Å². The fraction of sp³-hybridized carbons (Fsp3) is 0.556. The van der Waals surface area contributed by atoms with E-state index in [4.69, 9.17) is 0 Å². The monoisotopic (exact) mass is 216 g/mol. The molecule has 0 aliphatic carbocycles. The van der Waals surface area contributed by atoms with Crippen molar-refractivity contribution < 1.29 is 8.42 Å². The standard InChI is InChI=1S/C9H16N2O2S/c1-2-14(12,13)9-5-6-10-11-7-3-4-8-11/h3-4,7-8,10H,2,5-6,9H2,1H3. The zero-order chi connectivity index (χ0) is 10.4. The molecule has 80 valence electrons. The van der Waals surface area contributed by atoms with Crippen LogP contribution in [0.3, 0.4) is 0 Å². The lowest BCUT2D eigenvalue weighted by Gasteiger charge is -2.06. The molecule has 1 aromatic heterocycles. The van der Waals surface area contributed by atoms with Crippen LogP contribution in [-0.4, -0.2) is 31.1 Å². The zero-order valence-corrected chi connectivity index (χ0v) is 9.13. The fourth-order valence-electron chi connectivity index (χ4n) is 1.08. The maximum Gasteiger partial charge on any atom is 0.150 e. The minimum Gasteiger partial charge on any atom is -0.326 e. The van der Waals surface area contributed by atoms with Crippen molar-refractivity contribution in [2.45, 2.75) is 13.3 Å². The van der Waals surface area contributed by atoms with Crippen LogP contribution >= 0.6 is 0 Å². The van der Waals surface area contributed by atoms with Gasteiger partial charge in [0.05, 0.1) is 5.75 Å². The summed E-state index contributed by atoms with van der Waals surface area (Å²) in [5, 5.41) is 0. The van der Waals surface area contributed by atoms with Gasteiger partial charge in [-0.05, 0) is 18.6 Å². The van der Waals surface area contributed by atoms with Gasteiger partial charge in [-0.1, -0.05) is 6.92 Å². The van der Waals surface area contributed by atoms with Crippen molar-refractivity contribution in [1.29, 1.82) is 0 Å². The molecule has 0 saturated carbocycles. The van der Waals surface area contributed by atoms with Crippen LogP contribution in [0.2, 0.25) is 0 Å². The Morgan fingerprint density at radius 3 is 2.50 bits per heavy atom. The van der Waals surface area contributed by atoms with Crippen LogP contribution < -0.4 is 5.43 Å². The Balaban J connectivity index is 2.17. The number of nitrogens with one attached hydrogen (secondary N) is 1. The molecule has 0 unspecified atom stereocenters. The second kappa shape index (κ2) is 5.05. The summed E-state index contributed by atoms with van der Waals surface area (Å²) in [6.45, 7) is 2.35. The molecule has 0 fully saturated rings. The molecule has 0 bridgehead atoms. The highest BCUT2D eigenvalue weighted by molar-refractivity contribution is 7.91. The first kappa shape index (κ1) is 11.1. The van der Waals surface area contributed by atoms with Gasteiger partial charge in [-0.15, -0.1) is 0 Å². The zero-order valence-electron chi connectivity index (χ0n) is 8.31. The highest BCUT2D eigenvalue weighted by atomic mass is 32.2. The lowest BCUT2D eigenvalue weighted by Crippen LogP contribution is -2.18. The van der Waals surface area contributed by atoms with Gasteiger partial charge >= 0.3 is 0 Å². The van der Waals surface area contributed by atoms with Crippen molar-refractivity contribution in [3.63, 3.8) is 0 Å². The van der Waals surface area contributed by atoms with Crippen molar-refractivity contribution in [1.82, 2.24) is 4.68 Å². The Kier molecular flexibility index (Phi) is 4.00. The van der Waals surface area contributed by atoms with Crippen LogP contribution in [0.25, 0.3) is 0 Å². The third-order valence-corrected chi connectivity index (χ3v) is 3.76. The summed E-state index contributed by atoms with van der Waals surface area (Å²) in [7, 11) is -2.81. The van der Waals surface area contributed by atoms with E-state index in [-0.39, 0.29) is 11.5 Å². The molecule has 0 aliphatic rings. The normalized spacial score (nSPS) is 11.5. The Labute approximate surface area is 84.8 Å². The molecule has 1 rings (SSSR count). The van der Waals surface area contributed by atoms with E-state index in [1.54, 1.807) is 6.92 Å². The summed E-state index contributed by atoms with van der Waals surface area (Å²) in [6.07, 6.45) is 4.41. The average Bonchev–Trinajstić information content (AvgIpc) is 2.65. The molecule has 0 aliphatic heterocycles. The van der Waals surface area contributed by atoms with E-state index in [0.29, 0.717) is 13.0 Å². The molecule has 5 heteroatoms. The van der Waals surface area contributed by atoms with E-state index >= 15 is 0 Å².